The van der Waals surface area contributed by atoms with E-state index in [1.54, 1.807) is 48.5 Å². The molecule has 46 heavy (non-hydrogen) atoms. The number of carbonyl (C=O) groups is 2. The molecule has 0 N–H and O–H groups in total. The molecule has 2 aromatic carbocycles. The second-order valence-electron chi connectivity index (χ2n) is 14.9. The van der Waals surface area contributed by atoms with Crippen LogP contribution >= 0.6 is 23.2 Å². The first-order valence-electron chi connectivity index (χ1n) is 16.6. The highest BCUT2D eigenvalue weighted by atomic mass is 35.5. The van der Waals surface area contributed by atoms with Gasteiger partial charge in [-0.25, -0.2) is 9.59 Å². The SMILES string of the molecule is C[C@@H]1CCC2[C@]3(C)COC(C)(C)O[C@H]3CC[C@]2(C)[C@]12CCC(CCOC(=O)c1cccc(Cl)c1)(COC(=O)c1cccc(Cl)c1)O2. The van der Waals surface area contributed by atoms with Crippen molar-refractivity contribution in [2.75, 3.05) is 19.8 Å². The van der Waals surface area contributed by atoms with Crippen LogP contribution in [0.4, 0.5) is 0 Å². The highest BCUT2D eigenvalue weighted by Crippen LogP contribution is 2.69. The number of rotatable bonds is 7. The van der Waals surface area contributed by atoms with Crippen molar-refractivity contribution in [3.05, 3.63) is 69.7 Å². The van der Waals surface area contributed by atoms with Gasteiger partial charge in [0.15, 0.2) is 5.79 Å². The molecule has 2 heterocycles. The zero-order chi connectivity index (χ0) is 33.0. The number of carbonyl (C=O) groups excluding carboxylic acids is 2. The zero-order valence-electron chi connectivity index (χ0n) is 27.5. The number of halogens is 2. The van der Waals surface area contributed by atoms with Crippen molar-refractivity contribution >= 4 is 35.1 Å². The third-order valence-corrected chi connectivity index (χ3v) is 12.2. The molecule has 7 atom stereocenters. The van der Waals surface area contributed by atoms with Crippen molar-refractivity contribution in [1.82, 2.24) is 0 Å². The van der Waals surface area contributed by atoms with Crippen LogP contribution in [0.25, 0.3) is 0 Å². The lowest BCUT2D eigenvalue weighted by Crippen LogP contribution is -2.69. The number of hydrogen-bond donors (Lipinski definition) is 0. The minimum atomic E-state index is -0.832. The van der Waals surface area contributed by atoms with Crippen LogP contribution in [-0.2, 0) is 23.7 Å². The third kappa shape index (κ3) is 6.00. The highest BCUT2D eigenvalue weighted by molar-refractivity contribution is 6.31. The minimum absolute atomic E-state index is 0.0442. The molecule has 2 aromatic rings. The monoisotopic (exact) mass is 672 g/mol. The summed E-state index contributed by atoms with van der Waals surface area (Å²) < 4.78 is 32.0. The van der Waals surface area contributed by atoms with Crippen LogP contribution in [0, 0.1) is 22.7 Å². The Morgan fingerprint density at radius 1 is 0.870 bits per heavy atom. The van der Waals surface area contributed by atoms with E-state index in [2.05, 4.69) is 20.8 Å². The Kier molecular flexibility index (Phi) is 9.08. The summed E-state index contributed by atoms with van der Waals surface area (Å²) in [6.07, 6.45) is 6.02. The second-order valence-corrected chi connectivity index (χ2v) is 15.8. The summed E-state index contributed by atoms with van der Waals surface area (Å²) in [6, 6.07) is 13.4. The van der Waals surface area contributed by atoms with Gasteiger partial charge in [0.1, 0.15) is 12.2 Å². The Morgan fingerprint density at radius 3 is 2.17 bits per heavy atom. The van der Waals surface area contributed by atoms with Crippen LogP contribution in [0.2, 0.25) is 10.0 Å². The first kappa shape index (κ1) is 33.7. The molecule has 0 amide bonds. The van der Waals surface area contributed by atoms with Crippen LogP contribution in [0.1, 0.15) is 100 Å². The van der Waals surface area contributed by atoms with Gasteiger partial charge in [0.2, 0.25) is 0 Å². The molecule has 7 nitrogen and oxygen atoms in total. The van der Waals surface area contributed by atoms with Crippen LogP contribution in [0.5, 0.6) is 0 Å². The summed E-state index contributed by atoms with van der Waals surface area (Å²) in [4.78, 5) is 26.1. The summed E-state index contributed by atoms with van der Waals surface area (Å²) in [5.74, 6) is -0.890. The number of benzene rings is 2. The van der Waals surface area contributed by atoms with E-state index in [9.17, 15) is 9.59 Å². The molecule has 250 valence electrons. The number of ether oxygens (including phenoxy) is 5. The minimum Gasteiger partial charge on any atom is -0.462 e. The Bertz CT molecular complexity index is 1480. The molecule has 0 bridgehead atoms. The van der Waals surface area contributed by atoms with Gasteiger partial charge in [-0.15, -0.1) is 0 Å². The van der Waals surface area contributed by atoms with Gasteiger partial charge in [0, 0.05) is 27.3 Å². The second kappa shape index (κ2) is 12.4. The molecule has 2 aliphatic carbocycles. The summed E-state index contributed by atoms with van der Waals surface area (Å²) in [7, 11) is 0. The first-order chi connectivity index (χ1) is 21.7. The summed E-state index contributed by atoms with van der Waals surface area (Å²) in [5.41, 5.74) is -0.806. The molecule has 4 fully saturated rings. The molecular weight excluding hydrogens is 627 g/mol. The van der Waals surface area contributed by atoms with E-state index in [-0.39, 0.29) is 36.1 Å². The fourth-order valence-corrected chi connectivity index (χ4v) is 9.65. The molecule has 4 aliphatic rings. The fraction of sp³-hybridized carbons (Fsp3) is 0.622. The van der Waals surface area contributed by atoms with Crippen LogP contribution < -0.4 is 0 Å². The van der Waals surface area contributed by atoms with Gasteiger partial charge in [0.05, 0.1) is 36.0 Å². The normalized spacial score (nSPS) is 36.5. The maximum absolute atomic E-state index is 13.2. The average Bonchev–Trinajstić information content (AvgIpc) is 3.40. The Morgan fingerprint density at radius 2 is 1.52 bits per heavy atom. The van der Waals surface area contributed by atoms with E-state index in [0.717, 1.165) is 32.1 Å². The number of hydrogen-bond acceptors (Lipinski definition) is 7. The molecule has 2 aliphatic heterocycles. The lowest BCUT2D eigenvalue weighted by molar-refractivity contribution is -0.359. The number of fused-ring (bicyclic) bond motifs is 4. The standard InChI is InChI=1S/C37H46Cl2O7/c1-24-12-13-29-34(4)22-44-33(2,3)45-30(34)14-15-35(29,5)37(24)17-16-36(46-37,23-43-32(41)26-9-7-11-28(39)21-26)18-19-42-31(40)25-8-6-10-27(38)20-25/h6-11,20-21,24,29-30H,12-19,22-23H2,1-5H3/t24-,29?,30+,34+,35+,36?,37+/m1/s1. The van der Waals surface area contributed by atoms with E-state index in [1.807, 2.05) is 13.8 Å². The van der Waals surface area contributed by atoms with Crippen molar-refractivity contribution in [3.8, 4) is 0 Å². The van der Waals surface area contributed by atoms with Gasteiger partial charge in [-0.1, -0.05) is 56.1 Å². The summed E-state index contributed by atoms with van der Waals surface area (Å²) >= 11 is 12.3. The molecule has 2 saturated carbocycles. The van der Waals surface area contributed by atoms with Crippen LogP contribution in [0.15, 0.2) is 48.5 Å². The molecule has 6 rings (SSSR count). The maximum atomic E-state index is 13.2. The van der Waals surface area contributed by atoms with Gasteiger partial charge in [-0.3, -0.25) is 0 Å². The molecule has 9 heteroatoms. The van der Waals surface area contributed by atoms with Gasteiger partial charge in [-0.2, -0.15) is 0 Å². The smallest absolute Gasteiger partial charge is 0.338 e. The van der Waals surface area contributed by atoms with Crippen LogP contribution in [-0.4, -0.2) is 54.9 Å². The van der Waals surface area contributed by atoms with Crippen LogP contribution in [0.3, 0.4) is 0 Å². The molecule has 0 aromatic heterocycles. The average molecular weight is 674 g/mol. The predicted molar refractivity (Wildman–Crippen MR) is 176 cm³/mol. The Labute approximate surface area is 282 Å². The third-order valence-electron chi connectivity index (χ3n) is 11.8. The van der Waals surface area contributed by atoms with Gasteiger partial charge >= 0.3 is 11.9 Å². The van der Waals surface area contributed by atoms with Gasteiger partial charge in [-0.05, 0) is 101 Å². The van der Waals surface area contributed by atoms with Crippen molar-refractivity contribution in [3.63, 3.8) is 0 Å². The van der Waals surface area contributed by atoms with E-state index >= 15 is 0 Å². The molecule has 2 saturated heterocycles. The van der Waals surface area contributed by atoms with Crippen molar-refractivity contribution < 1.29 is 33.3 Å². The lowest BCUT2D eigenvalue weighted by atomic mass is 9.43. The summed E-state index contributed by atoms with van der Waals surface area (Å²) in [6.45, 7) is 11.9. The van der Waals surface area contributed by atoms with Gasteiger partial charge in [0.25, 0.3) is 0 Å². The highest BCUT2D eigenvalue weighted by Gasteiger charge is 2.70. The molecule has 1 spiro atoms. The van der Waals surface area contributed by atoms with Crippen molar-refractivity contribution in [1.29, 1.82) is 0 Å². The zero-order valence-corrected chi connectivity index (χ0v) is 29.0. The quantitative estimate of drug-likeness (QED) is 0.272. The van der Waals surface area contributed by atoms with E-state index in [1.165, 1.54) is 0 Å². The maximum Gasteiger partial charge on any atom is 0.338 e. The number of esters is 2. The largest absolute Gasteiger partial charge is 0.462 e. The lowest BCUT2D eigenvalue weighted by Gasteiger charge is -2.67. The molecule has 2 unspecified atom stereocenters. The summed E-state index contributed by atoms with van der Waals surface area (Å²) in [5, 5.41) is 0.932. The van der Waals surface area contributed by atoms with E-state index < -0.39 is 28.9 Å². The van der Waals surface area contributed by atoms with Crippen molar-refractivity contribution in [2.45, 2.75) is 103 Å². The first-order valence-corrected chi connectivity index (χ1v) is 17.3. The predicted octanol–water partition coefficient (Wildman–Crippen LogP) is 8.69. The topological polar surface area (TPSA) is 80.3 Å². The molecular formula is C37H46Cl2O7. The van der Waals surface area contributed by atoms with E-state index in [4.69, 9.17) is 46.9 Å². The van der Waals surface area contributed by atoms with E-state index in [0.29, 0.717) is 46.5 Å². The van der Waals surface area contributed by atoms with Gasteiger partial charge < -0.3 is 23.7 Å². The van der Waals surface area contributed by atoms with Crippen molar-refractivity contribution in [2.24, 2.45) is 22.7 Å². The Hall–Kier alpha value is -2.16. The molecule has 0 radical (unpaired) electrons. The fourth-order valence-electron chi connectivity index (χ4n) is 9.27. The Balaban J connectivity index is 1.26.